The van der Waals surface area contributed by atoms with E-state index < -0.39 is 4.92 Å². The van der Waals surface area contributed by atoms with Crippen LogP contribution in [-0.2, 0) is 0 Å². The molecule has 1 saturated heterocycles. The molecule has 0 aromatic carbocycles. The molecule has 112 valence electrons. The summed E-state index contributed by atoms with van der Waals surface area (Å²) in [6, 6.07) is 3.02. The lowest BCUT2D eigenvalue weighted by Gasteiger charge is -2.36. The topological polar surface area (TPSA) is 127 Å². The highest BCUT2D eigenvalue weighted by Crippen LogP contribution is 2.26. The zero-order valence-corrected chi connectivity index (χ0v) is 11.5. The van der Waals surface area contributed by atoms with Gasteiger partial charge in [0, 0.05) is 18.6 Å². The molecule has 0 saturated carbocycles. The van der Waals surface area contributed by atoms with Gasteiger partial charge in [-0.3, -0.25) is 15.2 Å². The van der Waals surface area contributed by atoms with Crippen molar-refractivity contribution >= 4 is 11.8 Å². The van der Waals surface area contributed by atoms with Crippen molar-refractivity contribution < 1.29 is 9.34 Å². The van der Waals surface area contributed by atoms with Crippen LogP contribution in [-0.4, -0.2) is 38.7 Å². The first-order valence-electron chi connectivity index (χ1n) is 6.75. The number of aromatic nitrogens is 3. The summed E-state index contributed by atoms with van der Waals surface area (Å²) in [4.78, 5) is 16.4. The summed E-state index contributed by atoms with van der Waals surface area (Å²) >= 11 is 0. The van der Waals surface area contributed by atoms with Gasteiger partial charge < -0.3 is 15.1 Å². The van der Waals surface area contributed by atoms with E-state index in [9.17, 15) is 10.1 Å². The van der Waals surface area contributed by atoms with Crippen LogP contribution in [0.3, 0.4) is 0 Å². The Bertz CT molecular complexity index is 651. The minimum Gasteiger partial charge on any atom is -0.397 e. The van der Waals surface area contributed by atoms with Crippen molar-refractivity contribution in [2.24, 2.45) is 5.73 Å². The molecular formula is C12H16N6O3. The lowest BCUT2D eigenvalue weighted by atomic mass is 9.99. The molecule has 0 spiro atoms. The lowest BCUT2D eigenvalue weighted by Crippen LogP contribution is -2.50. The average Bonchev–Trinajstić information content (AvgIpc) is 3.09. The summed E-state index contributed by atoms with van der Waals surface area (Å²) in [5.74, 6) is 0.863. The molecule has 9 nitrogen and oxygen atoms in total. The third kappa shape index (κ3) is 2.47. The Hall–Kier alpha value is -2.42. The summed E-state index contributed by atoms with van der Waals surface area (Å²) in [7, 11) is 0. The van der Waals surface area contributed by atoms with Crippen LogP contribution in [0.4, 0.5) is 11.8 Å². The fourth-order valence-corrected chi connectivity index (χ4v) is 2.50. The standard InChI is InChI=1S/C12H16N6O3/c1-7-8(13)3-2-6-17(7)12-14-11(15-16-12)9-4-5-10(21-9)18(19)20/h4-5,7-8H,2-3,6,13H2,1H3,(H,14,15,16). The van der Waals surface area contributed by atoms with E-state index in [2.05, 4.69) is 15.2 Å². The minimum atomic E-state index is -0.591. The Morgan fingerprint density at radius 2 is 2.38 bits per heavy atom. The van der Waals surface area contributed by atoms with Gasteiger partial charge >= 0.3 is 5.88 Å². The second-order valence-corrected chi connectivity index (χ2v) is 5.12. The molecule has 3 rings (SSSR count). The number of hydrogen-bond acceptors (Lipinski definition) is 7. The molecule has 2 unspecified atom stereocenters. The van der Waals surface area contributed by atoms with E-state index in [1.165, 1.54) is 12.1 Å². The predicted octanol–water partition coefficient (Wildman–Crippen LogP) is 1.29. The number of nitro groups is 1. The number of hydrogen-bond donors (Lipinski definition) is 2. The summed E-state index contributed by atoms with van der Waals surface area (Å²) in [6.07, 6.45) is 1.97. The summed E-state index contributed by atoms with van der Waals surface area (Å²) in [5, 5.41) is 17.5. The number of aromatic amines is 1. The smallest absolute Gasteiger partial charge is 0.397 e. The Kier molecular flexibility index (Phi) is 3.34. The Labute approximate surface area is 120 Å². The zero-order chi connectivity index (χ0) is 15.0. The second kappa shape index (κ2) is 5.17. The van der Waals surface area contributed by atoms with E-state index in [1.54, 1.807) is 0 Å². The maximum Gasteiger partial charge on any atom is 0.433 e. The minimum absolute atomic E-state index is 0.0883. The number of piperidine rings is 1. The lowest BCUT2D eigenvalue weighted by molar-refractivity contribution is -0.401. The maximum absolute atomic E-state index is 10.6. The predicted molar refractivity (Wildman–Crippen MR) is 74.8 cm³/mol. The van der Waals surface area contributed by atoms with Gasteiger partial charge in [-0.1, -0.05) is 0 Å². The molecule has 2 aromatic heterocycles. The van der Waals surface area contributed by atoms with Crippen LogP contribution in [0.15, 0.2) is 16.5 Å². The van der Waals surface area contributed by atoms with Crippen molar-refractivity contribution in [3.05, 3.63) is 22.2 Å². The molecule has 2 atom stereocenters. The second-order valence-electron chi connectivity index (χ2n) is 5.12. The van der Waals surface area contributed by atoms with Crippen LogP contribution in [0.5, 0.6) is 0 Å². The first-order chi connectivity index (χ1) is 10.1. The molecule has 0 radical (unpaired) electrons. The Morgan fingerprint density at radius 3 is 3.10 bits per heavy atom. The van der Waals surface area contributed by atoms with Gasteiger partial charge in [-0.25, -0.2) is 0 Å². The van der Waals surface area contributed by atoms with Crippen molar-refractivity contribution in [2.45, 2.75) is 31.8 Å². The average molecular weight is 292 g/mol. The number of nitrogens with one attached hydrogen (secondary N) is 1. The van der Waals surface area contributed by atoms with Crippen LogP contribution < -0.4 is 10.6 Å². The summed E-state index contributed by atoms with van der Waals surface area (Å²) in [5.41, 5.74) is 6.06. The Morgan fingerprint density at radius 1 is 1.57 bits per heavy atom. The van der Waals surface area contributed by atoms with Crippen molar-refractivity contribution in [1.29, 1.82) is 0 Å². The molecule has 1 aliphatic heterocycles. The van der Waals surface area contributed by atoms with Gasteiger partial charge in [0.2, 0.25) is 5.95 Å². The van der Waals surface area contributed by atoms with Crippen LogP contribution in [0.1, 0.15) is 19.8 Å². The molecule has 1 fully saturated rings. The van der Waals surface area contributed by atoms with E-state index in [-0.39, 0.29) is 23.7 Å². The molecule has 3 heterocycles. The van der Waals surface area contributed by atoms with Gasteiger partial charge in [-0.2, -0.15) is 4.98 Å². The third-order valence-electron chi connectivity index (χ3n) is 3.78. The maximum atomic E-state index is 10.6. The highest BCUT2D eigenvalue weighted by Gasteiger charge is 2.28. The van der Waals surface area contributed by atoms with Crippen LogP contribution in [0, 0.1) is 10.1 Å². The SMILES string of the molecule is CC1C(N)CCCN1c1n[nH]c(-c2ccc([N+](=O)[O-])o2)n1. The van der Waals surface area contributed by atoms with Gasteiger partial charge in [-0.15, -0.1) is 5.10 Å². The highest BCUT2D eigenvalue weighted by molar-refractivity contribution is 5.51. The third-order valence-corrected chi connectivity index (χ3v) is 3.78. The molecular weight excluding hydrogens is 276 g/mol. The largest absolute Gasteiger partial charge is 0.433 e. The number of H-pyrrole nitrogens is 1. The normalized spacial score (nSPS) is 22.5. The van der Waals surface area contributed by atoms with Crippen molar-refractivity contribution in [3.63, 3.8) is 0 Å². The highest BCUT2D eigenvalue weighted by atomic mass is 16.6. The van der Waals surface area contributed by atoms with E-state index in [0.717, 1.165) is 19.4 Å². The number of anilines is 1. The van der Waals surface area contributed by atoms with Gasteiger partial charge in [-0.05, 0) is 25.8 Å². The zero-order valence-electron chi connectivity index (χ0n) is 11.5. The van der Waals surface area contributed by atoms with Gasteiger partial charge in [0.15, 0.2) is 11.6 Å². The van der Waals surface area contributed by atoms with Gasteiger partial charge in [0.1, 0.15) is 4.92 Å². The fraction of sp³-hybridized carbons (Fsp3) is 0.500. The fourth-order valence-electron chi connectivity index (χ4n) is 2.50. The summed E-state index contributed by atoms with van der Waals surface area (Å²) in [6.45, 7) is 2.88. The number of nitrogens with two attached hydrogens (primary N) is 1. The van der Waals surface area contributed by atoms with Crippen molar-refractivity contribution in [1.82, 2.24) is 15.2 Å². The molecule has 9 heteroatoms. The number of nitrogens with zero attached hydrogens (tertiary/aromatic N) is 4. The van der Waals surface area contributed by atoms with E-state index in [0.29, 0.717) is 11.8 Å². The van der Waals surface area contributed by atoms with Crippen LogP contribution >= 0.6 is 0 Å². The van der Waals surface area contributed by atoms with E-state index in [1.807, 2.05) is 11.8 Å². The molecule has 0 amide bonds. The van der Waals surface area contributed by atoms with Gasteiger partial charge in [0.05, 0.1) is 6.07 Å². The molecule has 2 aromatic rings. The number of furan rings is 1. The van der Waals surface area contributed by atoms with E-state index in [4.69, 9.17) is 10.2 Å². The van der Waals surface area contributed by atoms with Crippen LogP contribution in [0.25, 0.3) is 11.6 Å². The van der Waals surface area contributed by atoms with Crippen molar-refractivity contribution in [3.8, 4) is 11.6 Å². The first-order valence-corrected chi connectivity index (χ1v) is 6.75. The molecule has 1 aliphatic rings. The molecule has 3 N–H and O–H groups in total. The first kappa shape index (κ1) is 13.6. The molecule has 0 bridgehead atoms. The molecule has 0 aliphatic carbocycles. The monoisotopic (exact) mass is 292 g/mol. The summed E-state index contributed by atoms with van der Waals surface area (Å²) < 4.78 is 5.10. The molecule has 21 heavy (non-hydrogen) atoms. The quantitative estimate of drug-likeness (QED) is 0.644. The van der Waals surface area contributed by atoms with Gasteiger partial charge in [0.25, 0.3) is 0 Å². The Balaban J connectivity index is 1.84. The number of rotatable bonds is 3. The van der Waals surface area contributed by atoms with Crippen LogP contribution in [0.2, 0.25) is 0 Å². The van der Waals surface area contributed by atoms with E-state index >= 15 is 0 Å². The van der Waals surface area contributed by atoms with Crippen molar-refractivity contribution in [2.75, 3.05) is 11.4 Å².